The largest absolute Gasteiger partial charge is 0.391 e. The summed E-state index contributed by atoms with van der Waals surface area (Å²) in [6.07, 6.45) is 4.05. The second kappa shape index (κ2) is 7.55. The maximum Gasteiger partial charge on any atom is 0.142 e. The van der Waals surface area contributed by atoms with Crippen LogP contribution in [0.1, 0.15) is 43.7 Å². The highest BCUT2D eigenvalue weighted by Crippen LogP contribution is 2.35. The summed E-state index contributed by atoms with van der Waals surface area (Å²) in [4.78, 5) is 0. The van der Waals surface area contributed by atoms with Gasteiger partial charge in [-0.15, -0.1) is 12.4 Å². The Morgan fingerprint density at radius 1 is 1.15 bits per heavy atom. The molecule has 0 saturated heterocycles. The van der Waals surface area contributed by atoms with Crippen LogP contribution in [0.3, 0.4) is 0 Å². The molecule has 1 fully saturated rings. The zero-order chi connectivity index (χ0) is 14.0. The molecule has 3 N–H and O–H groups in total. The smallest absolute Gasteiger partial charge is 0.142 e. The number of benzene rings is 1. The molecule has 2 rings (SSSR count). The first-order valence-electron chi connectivity index (χ1n) is 6.59. The summed E-state index contributed by atoms with van der Waals surface area (Å²) in [6, 6.07) is 0.955. The molecule has 0 aliphatic heterocycles. The average molecular weight is 326 g/mol. The van der Waals surface area contributed by atoms with Gasteiger partial charge < -0.3 is 10.8 Å². The van der Waals surface area contributed by atoms with Gasteiger partial charge in [-0.3, -0.25) is 0 Å². The van der Waals surface area contributed by atoms with Crippen molar-refractivity contribution in [1.29, 1.82) is 0 Å². The number of halogens is 4. The van der Waals surface area contributed by atoms with Crippen LogP contribution in [-0.4, -0.2) is 11.2 Å². The quantitative estimate of drug-likeness (QED) is 0.825. The minimum Gasteiger partial charge on any atom is -0.391 e. The van der Waals surface area contributed by atoms with Gasteiger partial charge >= 0.3 is 0 Å². The van der Waals surface area contributed by atoms with Gasteiger partial charge in [0.15, 0.2) is 0 Å². The lowest BCUT2D eigenvalue weighted by atomic mass is 9.81. The number of hydrogen-bond donors (Lipinski definition) is 2. The van der Waals surface area contributed by atoms with Gasteiger partial charge in [0, 0.05) is 5.56 Å². The minimum absolute atomic E-state index is 0. The summed E-state index contributed by atoms with van der Waals surface area (Å²) < 4.78 is 27.2. The third kappa shape index (κ3) is 3.61. The highest BCUT2D eigenvalue weighted by Gasteiger charge is 2.31. The van der Waals surface area contributed by atoms with E-state index in [1.807, 2.05) is 0 Å². The van der Waals surface area contributed by atoms with Gasteiger partial charge in [-0.25, -0.2) is 8.78 Å². The fraction of sp³-hybridized carbons (Fsp3) is 0.571. The molecule has 1 aliphatic rings. The van der Waals surface area contributed by atoms with E-state index in [1.54, 1.807) is 0 Å². The summed E-state index contributed by atoms with van der Waals surface area (Å²) >= 11 is 5.77. The molecule has 1 aromatic rings. The first kappa shape index (κ1) is 17.6. The number of aliphatic hydroxyl groups excluding tert-OH is 1. The zero-order valence-electron chi connectivity index (χ0n) is 11.0. The number of rotatable bonds is 3. The van der Waals surface area contributed by atoms with E-state index in [0.29, 0.717) is 0 Å². The maximum atomic E-state index is 13.8. The van der Waals surface area contributed by atoms with E-state index in [1.165, 1.54) is 0 Å². The van der Waals surface area contributed by atoms with Gasteiger partial charge in [-0.1, -0.05) is 30.9 Å². The van der Waals surface area contributed by atoms with Gasteiger partial charge in [-0.05, 0) is 30.9 Å². The topological polar surface area (TPSA) is 46.2 Å². The molecule has 2 nitrogen and oxygen atoms in total. The Balaban J connectivity index is 0.00000200. The Morgan fingerprint density at radius 3 is 2.30 bits per heavy atom. The summed E-state index contributed by atoms with van der Waals surface area (Å²) in [5.41, 5.74) is 5.77. The molecule has 1 saturated carbocycles. The monoisotopic (exact) mass is 325 g/mol. The summed E-state index contributed by atoms with van der Waals surface area (Å²) in [5.74, 6) is -1.36. The van der Waals surface area contributed by atoms with Crippen LogP contribution >= 0.6 is 24.0 Å². The Hall–Kier alpha value is -0.420. The van der Waals surface area contributed by atoms with E-state index in [-0.39, 0.29) is 28.9 Å². The first-order chi connectivity index (χ1) is 9.02. The van der Waals surface area contributed by atoms with Crippen molar-refractivity contribution in [2.75, 3.05) is 0 Å². The summed E-state index contributed by atoms with van der Waals surface area (Å²) in [5, 5.41) is 9.93. The van der Waals surface area contributed by atoms with Crippen molar-refractivity contribution in [2.45, 2.75) is 44.2 Å². The average Bonchev–Trinajstić information content (AvgIpc) is 2.43. The molecule has 20 heavy (non-hydrogen) atoms. The van der Waals surface area contributed by atoms with Gasteiger partial charge in [0.25, 0.3) is 0 Å². The normalized spacial score (nSPS) is 19.2. The lowest BCUT2D eigenvalue weighted by Gasteiger charge is -2.31. The van der Waals surface area contributed by atoms with Crippen molar-refractivity contribution in [3.63, 3.8) is 0 Å². The molecule has 1 aromatic carbocycles. The Labute approximate surface area is 128 Å². The predicted molar refractivity (Wildman–Crippen MR) is 78.1 cm³/mol. The van der Waals surface area contributed by atoms with Crippen molar-refractivity contribution in [3.8, 4) is 0 Å². The highest BCUT2D eigenvalue weighted by molar-refractivity contribution is 6.31. The molecule has 0 unspecified atom stereocenters. The Kier molecular flexibility index (Phi) is 6.65. The van der Waals surface area contributed by atoms with Crippen molar-refractivity contribution < 1.29 is 13.9 Å². The SMILES string of the molecule is Cl.N[C@@H](c1c(F)ccc(F)c1Cl)[C@H](O)C1CCCCC1. The molecular weight excluding hydrogens is 307 g/mol. The Bertz CT molecular complexity index is 453. The van der Waals surface area contributed by atoms with Crippen molar-refractivity contribution in [2.24, 2.45) is 11.7 Å². The second-order valence-corrected chi connectivity index (χ2v) is 5.55. The molecule has 0 spiro atoms. The number of aliphatic hydroxyl groups is 1. The summed E-state index contributed by atoms with van der Waals surface area (Å²) in [6.45, 7) is 0. The molecule has 0 aromatic heterocycles. The lowest BCUT2D eigenvalue weighted by molar-refractivity contribution is 0.0607. The van der Waals surface area contributed by atoms with E-state index in [4.69, 9.17) is 17.3 Å². The van der Waals surface area contributed by atoms with Crippen molar-refractivity contribution in [3.05, 3.63) is 34.4 Å². The lowest BCUT2D eigenvalue weighted by Crippen LogP contribution is -2.35. The maximum absolute atomic E-state index is 13.8. The van der Waals surface area contributed by atoms with Crippen LogP contribution in [0.4, 0.5) is 8.78 Å². The second-order valence-electron chi connectivity index (χ2n) is 5.17. The van der Waals surface area contributed by atoms with Crippen molar-refractivity contribution >= 4 is 24.0 Å². The van der Waals surface area contributed by atoms with Gasteiger partial charge in [0.2, 0.25) is 0 Å². The van der Waals surface area contributed by atoms with E-state index in [2.05, 4.69) is 0 Å². The van der Waals surface area contributed by atoms with E-state index in [9.17, 15) is 13.9 Å². The van der Waals surface area contributed by atoms with Gasteiger partial charge in [-0.2, -0.15) is 0 Å². The predicted octanol–water partition coefficient (Wildman–Crippen LogP) is 3.98. The van der Waals surface area contributed by atoms with E-state index >= 15 is 0 Å². The van der Waals surface area contributed by atoms with Crippen LogP contribution in [0.25, 0.3) is 0 Å². The standard InChI is InChI=1S/C14H18ClF2NO.ClH/c15-12-10(17)7-6-9(16)11(12)13(18)14(19)8-4-2-1-3-5-8;/h6-8,13-14,19H,1-5,18H2;1H/t13-,14+;/m0./s1. The molecule has 6 heteroatoms. The molecule has 1 aliphatic carbocycles. The molecular formula is C14H19Cl2F2NO. The number of nitrogens with two attached hydrogens (primary N) is 1. The molecule has 0 heterocycles. The number of hydrogen-bond acceptors (Lipinski definition) is 2. The van der Waals surface area contributed by atoms with Crippen molar-refractivity contribution in [1.82, 2.24) is 0 Å². The summed E-state index contributed by atoms with van der Waals surface area (Å²) in [7, 11) is 0. The van der Waals surface area contributed by atoms with Crippen LogP contribution in [0.15, 0.2) is 12.1 Å². The zero-order valence-corrected chi connectivity index (χ0v) is 12.6. The minimum atomic E-state index is -0.994. The molecule has 2 atom stereocenters. The van der Waals surface area contributed by atoms with Gasteiger partial charge in [0.1, 0.15) is 11.6 Å². The van der Waals surface area contributed by atoms with Crippen LogP contribution in [0, 0.1) is 17.6 Å². The third-order valence-electron chi connectivity index (χ3n) is 3.91. The molecule has 114 valence electrons. The molecule has 0 amide bonds. The fourth-order valence-electron chi connectivity index (χ4n) is 2.79. The van der Waals surface area contributed by atoms with E-state index < -0.39 is 23.8 Å². The Morgan fingerprint density at radius 2 is 1.70 bits per heavy atom. The van der Waals surface area contributed by atoms with Crippen LogP contribution in [-0.2, 0) is 0 Å². The van der Waals surface area contributed by atoms with Crippen LogP contribution in [0.2, 0.25) is 5.02 Å². The van der Waals surface area contributed by atoms with E-state index in [0.717, 1.165) is 44.2 Å². The third-order valence-corrected chi connectivity index (χ3v) is 4.30. The molecule has 0 radical (unpaired) electrons. The molecule has 0 bridgehead atoms. The van der Waals surface area contributed by atoms with Crippen LogP contribution < -0.4 is 5.73 Å². The van der Waals surface area contributed by atoms with Gasteiger partial charge in [0.05, 0.1) is 17.2 Å². The highest BCUT2D eigenvalue weighted by atomic mass is 35.5. The van der Waals surface area contributed by atoms with Crippen LogP contribution in [0.5, 0.6) is 0 Å². The first-order valence-corrected chi connectivity index (χ1v) is 6.97. The fourth-order valence-corrected chi connectivity index (χ4v) is 3.07.